The van der Waals surface area contributed by atoms with Gasteiger partial charge in [-0.1, -0.05) is 11.6 Å². The number of carboxylic acid groups (broad SMARTS) is 1. The van der Waals surface area contributed by atoms with Crippen molar-refractivity contribution in [2.24, 2.45) is 0 Å². The van der Waals surface area contributed by atoms with Crippen LogP contribution in [0.4, 0.5) is 5.82 Å². The molecule has 1 unspecified atom stereocenters. The van der Waals surface area contributed by atoms with Gasteiger partial charge in [0.1, 0.15) is 5.82 Å². The Morgan fingerprint density at radius 2 is 2.29 bits per heavy atom. The minimum absolute atomic E-state index is 0.00858. The number of hydrogen-bond acceptors (Lipinski definition) is 4. The Bertz CT molecular complexity index is 521. The van der Waals surface area contributed by atoms with Crippen molar-refractivity contribution < 1.29 is 14.7 Å². The van der Waals surface area contributed by atoms with Crippen LogP contribution in [0.3, 0.4) is 0 Å². The highest BCUT2D eigenvalue weighted by atomic mass is 35.5. The predicted octanol–water partition coefficient (Wildman–Crippen LogP) is 1.64. The van der Waals surface area contributed by atoms with E-state index in [4.69, 9.17) is 16.7 Å². The zero-order chi connectivity index (χ0) is 15.4. The maximum atomic E-state index is 12.3. The van der Waals surface area contributed by atoms with Crippen molar-refractivity contribution in [2.75, 3.05) is 25.0 Å². The number of aliphatic carboxylic acids is 1. The van der Waals surface area contributed by atoms with Crippen LogP contribution in [0.1, 0.15) is 19.3 Å². The van der Waals surface area contributed by atoms with E-state index in [9.17, 15) is 9.59 Å². The average Bonchev–Trinajstić information content (AvgIpc) is 2.86. The number of nitrogens with zero attached hydrogens (tertiary/aromatic N) is 3. The van der Waals surface area contributed by atoms with E-state index < -0.39 is 5.97 Å². The number of carbonyl (C=O) groups excluding carboxylic acids is 1. The van der Waals surface area contributed by atoms with Crippen molar-refractivity contribution >= 4 is 29.3 Å². The molecule has 1 amide bonds. The molecular formula is C14H18ClN3O3. The minimum Gasteiger partial charge on any atom is -0.481 e. The maximum Gasteiger partial charge on any atom is 0.305 e. The fourth-order valence-electron chi connectivity index (χ4n) is 2.55. The number of likely N-dealkylation sites (N-methyl/N-ethyl adjacent to an activating group) is 1. The Balaban J connectivity index is 1.96. The van der Waals surface area contributed by atoms with E-state index in [0.29, 0.717) is 17.4 Å². The van der Waals surface area contributed by atoms with Crippen LogP contribution in [-0.2, 0) is 9.59 Å². The third-order valence-electron chi connectivity index (χ3n) is 3.58. The number of carbonyl (C=O) groups is 2. The fourth-order valence-corrected chi connectivity index (χ4v) is 2.66. The summed E-state index contributed by atoms with van der Waals surface area (Å²) in [5.74, 6) is -0.285. The molecule has 1 aliphatic rings. The number of likely N-dealkylation sites (tertiary alicyclic amines) is 1. The monoisotopic (exact) mass is 311 g/mol. The molecule has 2 rings (SSSR count). The lowest BCUT2D eigenvalue weighted by atomic mass is 10.1. The average molecular weight is 312 g/mol. The topological polar surface area (TPSA) is 73.7 Å². The molecule has 0 spiro atoms. The van der Waals surface area contributed by atoms with Crippen molar-refractivity contribution in [2.45, 2.75) is 25.3 Å². The van der Waals surface area contributed by atoms with Gasteiger partial charge >= 0.3 is 5.97 Å². The standard InChI is InChI=1S/C14H18ClN3O3/c1-17(12-5-4-10(15)8-16-12)9-13(19)18-6-2-3-11(18)7-14(20)21/h4-5,8,11H,2-3,6-7,9H2,1H3,(H,20,21). The highest BCUT2D eigenvalue weighted by molar-refractivity contribution is 6.30. The quantitative estimate of drug-likeness (QED) is 0.895. The number of hydrogen-bond donors (Lipinski definition) is 1. The van der Waals surface area contributed by atoms with Gasteiger partial charge in [0.15, 0.2) is 0 Å². The molecule has 0 aromatic carbocycles. The van der Waals surface area contributed by atoms with Crippen LogP contribution >= 0.6 is 11.6 Å². The van der Waals surface area contributed by atoms with Crippen molar-refractivity contribution in [3.8, 4) is 0 Å². The molecule has 114 valence electrons. The largest absolute Gasteiger partial charge is 0.481 e. The summed E-state index contributed by atoms with van der Waals surface area (Å²) in [7, 11) is 1.77. The van der Waals surface area contributed by atoms with Gasteiger partial charge in [0, 0.05) is 25.8 Å². The van der Waals surface area contributed by atoms with Crippen LogP contribution in [0.2, 0.25) is 5.02 Å². The summed E-state index contributed by atoms with van der Waals surface area (Å²) in [5.41, 5.74) is 0. The third-order valence-corrected chi connectivity index (χ3v) is 3.81. The number of rotatable bonds is 5. The number of anilines is 1. The van der Waals surface area contributed by atoms with Gasteiger partial charge in [-0.05, 0) is 25.0 Å². The molecule has 1 N–H and O–H groups in total. The highest BCUT2D eigenvalue weighted by Crippen LogP contribution is 2.21. The molecule has 1 fully saturated rings. The number of carboxylic acids is 1. The van der Waals surface area contributed by atoms with Crippen LogP contribution in [0.15, 0.2) is 18.3 Å². The van der Waals surface area contributed by atoms with Gasteiger partial charge in [-0.3, -0.25) is 9.59 Å². The minimum atomic E-state index is -0.868. The van der Waals surface area contributed by atoms with Crippen LogP contribution in [0.25, 0.3) is 0 Å². The summed E-state index contributed by atoms with van der Waals surface area (Å²) in [6.07, 6.45) is 3.14. The highest BCUT2D eigenvalue weighted by Gasteiger charge is 2.30. The van der Waals surface area contributed by atoms with Crippen LogP contribution < -0.4 is 4.90 Å². The number of pyridine rings is 1. The fraction of sp³-hybridized carbons (Fsp3) is 0.500. The molecule has 1 aromatic heterocycles. The summed E-state index contributed by atoms with van der Waals surface area (Å²) < 4.78 is 0. The van der Waals surface area contributed by atoms with Gasteiger partial charge in [-0.25, -0.2) is 4.98 Å². The molecule has 0 aliphatic carbocycles. The Morgan fingerprint density at radius 1 is 1.52 bits per heavy atom. The molecule has 2 heterocycles. The zero-order valence-electron chi connectivity index (χ0n) is 11.8. The summed E-state index contributed by atoms with van der Waals surface area (Å²) >= 11 is 5.78. The summed E-state index contributed by atoms with van der Waals surface area (Å²) in [6.45, 7) is 0.795. The second kappa shape index (κ2) is 6.76. The van der Waals surface area contributed by atoms with Gasteiger partial charge < -0.3 is 14.9 Å². The van der Waals surface area contributed by atoms with Gasteiger partial charge in [0.2, 0.25) is 5.91 Å². The Hall–Kier alpha value is -1.82. The van der Waals surface area contributed by atoms with Crippen LogP contribution in [0.5, 0.6) is 0 Å². The first kappa shape index (κ1) is 15.6. The SMILES string of the molecule is CN(CC(=O)N1CCCC1CC(=O)O)c1ccc(Cl)cn1. The smallest absolute Gasteiger partial charge is 0.305 e. The summed E-state index contributed by atoms with van der Waals surface area (Å²) in [4.78, 5) is 30.7. The lowest BCUT2D eigenvalue weighted by molar-refractivity contribution is -0.139. The first-order valence-electron chi connectivity index (χ1n) is 6.81. The second-order valence-corrected chi connectivity index (χ2v) is 5.61. The van der Waals surface area contributed by atoms with Crippen molar-refractivity contribution in [1.29, 1.82) is 0 Å². The van der Waals surface area contributed by atoms with E-state index >= 15 is 0 Å². The Labute approximate surface area is 128 Å². The lowest BCUT2D eigenvalue weighted by Crippen LogP contribution is -2.42. The normalized spacial score (nSPS) is 17.8. The van der Waals surface area contributed by atoms with E-state index in [1.165, 1.54) is 6.20 Å². The third kappa shape index (κ3) is 4.07. The molecule has 1 aromatic rings. The van der Waals surface area contributed by atoms with Gasteiger partial charge in [-0.15, -0.1) is 0 Å². The molecule has 0 saturated carbocycles. The first-order chi connectivity index (χ1) is 9.97. The molecular weight excluding hydrogens is 294 g/mol. The number of aromatic nitrogens is 1. The van der Waals surface area contributed by atoms with Crippen LogP contribution in [0, 0.1) is 0 Å². The second-order valence-electron chi connectivity index (χ2n) is 5.17. The number of amides is 1. The van der Waals surface area contributed by atoms with E-state index in [-0.39, 0.29) is 24.9 Å². The van der Waals surface area contributed by atoms with Gasteiger partial charge in [0.05, 0.1) is 18.0 Å². The van der Waals surface area contributed by atoms with E-state index in [2.05, 4.69) is 4.98 Å². The molecule has 0 bridgehead atoms. The molecule has 1 atom stereocenters. The van der Waals surface area contributed by atoms with Crippen LogP contribution in [-0.4, -0.2) is 53.0 Å². The summed E-state index contributed by atoms with van der Waals surface area (Å²) in [5, 5.41) is 9.43. The van der Waals surface area contributed by atoms with Gasteiger partial charge in [0.25, 0.3) is 0 Å². The van der Waals surface area contributed by atoms with E-state index in [0.717, 1.165) is 12.8 Å². The molecule has 1 aliphatic heterocycles. The molecule has 1 saturated heterocycles. The van der Waals surface area contributed by atoms with E-state index in [1.807, 2.05) is 0 Å². The predicted molar refractivity (Wildman–Crippen MR) is 79.5 cm³/mol. The van der Waals surface area contributed by atoms with Gasteiger partial charge in [-0.2, -0.15) is 0 Å². The van der Waals surface area contributed by atoms with E-state index in [1.54, 1.807) is 29.0 Å². The maximum absolute atomic E-state index is 12.3. The van der Waals surface area contributed by atoms with Crippen molar-refractivity contribution in [1.82, 2.24) is 9.88 Å². The molecule has 6 nitrogen and oxygen atoms in total. The van der Waals surface area contributed by atoms with Crippen molar-refractivity contribution in [3.63, 3.8) is 0 Å². The summed E-state index contributed by atoms with van der Waals surface area (Å²) in [6, 6.07) is 3.27. The Kier molecular flexibility index (Phi) is 5.01. The zero-order valence-corrected chi connectivity index (χ0v) is 12.6. The lowest BCUT2D eigenvalue weighted by Gasteiger charge is -2.26. The molecule has 7 heteroatoms. The van der Waals surface area contributed by atoms with Crippen molar-refractivity contribution in [3.05, 3.63) is 23.4 Å². The molecule has 21 heavy (non-hydrogen) atoms. The first-order valence-corrected chi connectivity index (χ1v) is 7.19. The Morgan fingerprint density at radius 3 is 2.90 bits per heavy atom. The number of halogens is 1. The molecule has 0 radical (unpaired) electrons.